The Labute approximate surface area is 147 Å². The van der Waals surface area contributed by atoms with Crippen molar-refractivity contribution >= 4 is 23.3 Å². The Morgan fingerprint density at radius 2 is 1.96 bits per heavy atom. The summed E-state index contributed by atoms with van der Waals surface area (Å²) in [6.07, 6.45) is 1.35. The average molecular weight is 358 g/mol. The first kappa shape index (κ1) is 17.3. The van der Waals surface area contributed by atoms with Crippen molar-refractivity contribution in [3.63, 3.8) is 0 Å². The van der Waals surface area contributed by atoms with E-state index in [1.54, 1.807) is 11.6 Å². The molecule has 0 bridgehead atoms. The number of anilines is 1. The summed E-state index contributed by atoms with van der Waals surface area (Å²) in [6.45, 7) is 2.28. The van der Waals surface area contributed by atoms with E-state index in [1.165, 1.54) is 36.0 Å². The van der Waals surface area contributed by atoms with E-state index in [1.807, 2.05) is 6.92 Å². The standard InChI is InChI=1S/C16H18N6O4/c1-4-22-12-13(20(2)16(26)21(3)14(12)25)18-15(22)19-17-8-9-5-6-10(23)7-11(9)24/h5-8,23-24H,4H2,1-3H3,(H,18,19)/b17-8-. The molecule has 3 aromatic rings. The van der Waals surface area contributed by atoms with E-state index in [9.17, 15) is 19.8 Å². The summed E-state index contributed by atoms with van der Waals surface area (Å²) in [5, 5.41) is 23.1. The Kier molecular flexibility index (Phi) is 4.24. The van der Waals surface area contributed by atoms with Crippen LogP contribution in [0.1, 0.15) is 12.5 Å². The van der Waals surface area contributed by atoms with Gasteiger partial charge in [0.2, 0.25) is 5.95 Å². The van der Waals surface area contributed by atoms with Gasteiger partial charge < -0.3 is 14.8 Å². The second-order valence-corrected chi connectivity index (χ2v) is 5.67. The first-order valence-electron chi connectivity index (χ1n) is 7.82. The minimum Gasteiger partial charge on any atom is -0.508 e. The number of nitrogens with one attached hydrogen (secondary N) is 1. The third kappa shape index (κ3) is 2.70. The minimum atomic E-state index is -0.465. The number of nitrogens with zero attached hydrogens (tertiary/aromatic N) is 5. The Balaban J connectivity index is 2.04. The Morgan fingerprint density at radius 3 is 2.62 bits per heavy atom. The third-order valence-electron chi connectivity index (χ3n) is 4.05. The topological polar surface area (TPSA) is 127 Å². The summed E-state index contributed by atoms with van der Waals surface area (Å²) >= 11 is 0. The van der Waals surface area contributed by atoms with Gasteiger partial charge in [0.25, 0.3) is 5.56 Å². The molecule has 2 heterocycles. The predicted octanol–water partition coefficient (Wildman–Crippen LogP) is 0.311. The van der Waals surface area contributed by atoms with Crippen LogP contribution < -0.4 is 16.7 Å². The van der Waals surface area contributed by atoms with Crippen LogP contribution in [-0.2, 0) is 20.6 Å². The highest BCUT2D eigenvalue weighted by Gasteiger charge is 2.17. The number of phenols is 2. The van der Waals surface area contributed by atoms with Crippen LogP contribution >= 0.6 is 0 Å². The van der Waals surface area contributed by atoms with Crippen molar-refractivity contribution in [1.29, 1.82) is 0 Å². The molecule has 0 saturated heterocycles. The van der Waals surface area contributed by atoms with Gasteiger partial charge in [0.15, 0.2) is 11.2 Å². The van der Waals surface area contributed by atoms with Crippen molar-refractivity contribution in [2.75, 3.05) is 5.43 Å². The van der Waals surface area contributed by atoms with Crippen molar-refractivity contribution < 1.29 is 10.2 Å². The summed E-state index contributed by atoms with van der Waals surface area (Å²) in [6, 6.07) is 4.11. The predicted molar refractivity (Wildman–Crippen MR) is 96.9 cm³/mol. The molecule has 3 rings (SSSR count). The maximum atomic E-state index is 12.4. The molecule has 0 atom stereocenters. The van der Waals surface area contributed by atoms with Gasteiger partial charge in [-0.2, -0.15) is 10.1 Å². The molecule has 0 radical (unpaired) electrons. The van der Waals surface area contributed by atoms with Crippen LogP contribution in [0.4, 0.5) is 5.95 Å². The van der Waals surface area contributed by atoms with Gasteiger partial charge in [-0.15, -0.1) is 0 Å². The van der Waals surface area contributed by atoms with Crippen LogP contribution in [0.3, 0.4) is 0 Å². The molecule has 10 heteroatoms. The lowest BCUT2D eigenvalue weighted by atomic mass is 10.2. The first-order valence-corrected chi connectivity index (χ1v) is 7.82. The van der Waals surface area contributed by atoms with Crippen LogP contribution in [0.15, 0.2) is 32.9 Å². The van der Waals surface area contributed by atoms with E-state index in [2.05, 4.69) is 15.5 Å². The summed E-state index contributed by atoms with van der Waals surface area (Å²) in [5.41, 5.74) is 2.75. The highest BCUT2D eigenvalue weighted by Crippen LogP contribution is 2.21. The van der Waals surface area contributed by atoms with Crippen LogP contribution in [0.5, 0.6) is 11.5 Å². The molecule has 0 aliphatic rings. The first-order chi connectivity index (χ1) is 12.3. The number of aromatic nitrogens is 4. The lowest BCUT2D eigenvalue weighted by Gasteiger charge is -2.06. The molecule has 0 aliphatic heterocycles. The maximum absolute atomic E-state index is 12.4. The van der Waals surface area contributed by atoms with Gasteiger partial charge in [0.05, 0.1) is 6.21 Å². The number of aryl methyl sites for hydroxylation is 2. The quantitative estimate of drug-likeness (QED) is 0.455. The summed E-state index contributed by atoms with van der Waals surface area (Å²) in [5.74, 6) is 0.100. The highest BCUT2D eigenvalue weighted by molar-refractivity contribution is 5.84. The molecule has 0 aliphatic carbocycles. The second kappa shape index (κ2) is 6.39. The normalized spacial score (nSPS) is 11.5. The molecule has 0 fully saturated rings. The van der Waals surface area contributed by atoms with Gasteiger partial charge in [-0.3, -0.25) is 13.9 Å². The maximum Gasteiger partial charge on any atom is 0.332 e. The smallest absolute Gasteiger partial charge is 0.332 e. The molecule has 0 saturated carbocycles. The molecule has 26 heavy (non-hydrogen) atoms. The highest BCUT2D eigenvalue weighted by atomic mass is 16.3. The van der Waals surface area contributed by atoms with E-state index >= 15 is 0 Å². The van der Waals surface area contributed by atoms with Gasteiger partial charge in [-0.05, 0) is 19.1 Å². The number of benzene rings is 1. The van der Waals surface area contributed by atoms with Gasteiger partial charge >= 0.3 is 5.69 Å². The molecule has 136 valence electrons. The number of imidazole rings is 1. The lowest BCUT2D eigenvalue weighted by molar-refractivity contribution is 0.450. The Hall–Kier alpha value is -3.56. The average Bonchev–Trinajstić information content (AvgIpc) is 2.98. The summed E-state index contributed by atoms with van der Waals surface area (Å²) in [4.78, 5) is 28.8. The zero-order valence-electron chi connectivity index (χ0n) is 14.5. The zero-order valence-corrected chi connectivity index (χ0v) is 14.5. The van der Waals surface area contributed by atoms with Crippen LogP contribution in [0.2, 0.25) is 0 Å². The fraction of sp³-hybridized carbons (Fsp3) is 0.250. The van der Waals surface area contributed by atoms with Gasteiger partial charge in [-0.25, -0.2) is 10.2 Å². The van der Waals surface area contributed by atoms with E-state index in [-0.39, 0.29) is 23.1 Å². The van der Waals surface area contributed by atoms with E-state index < -0.39 is 11.2 Å². The lowest BCUT2D eigenvalue weighted by Crippen LogP contribution is -2.37. The molecule has 1 aromatic carbocycles. The van der Waals surface area contributed by atoms with Crippen LogP contribution in [-0.4, -0.2) is 35.1 Å². The Morgan fingerprint density at radius 1 is 1.23 bits per heavy atom. The molecule has 3 N–H and O–H groups in total. The minimum absolute atomic E-state index is 0.0582. The number of phenolic OH excluding ortho intramolecular Hbond substituents is 2. The zero-order chi connectivity index (χ0) is 19.0. The number of hydrazone groups is 1. The molecular formula is C16H18N6O4. The molecule has 0 unspecified atom stereocenters. The van der Waals surface area contributed by atoms with Crippen molar-refractivity contribution in [3.8, 4) is 11.5 Å². The van der Waals surface area contributed by atoms with E-state index in [4.69, 9.17) is 0 Å². The number of rotatable bonds is 4. The number of aromatic hydroxyl groups is 2. The number of fused-ring (bicyclic) bond motifs is 1. The largest absolute Gasteiger partial charge is 0.508 e. The fourth-order valence-corrected chi connectivity index (χ4v) is 2.64. The van der Waals surface area contributed by atoms with Crippen LogP contribution in [0.25, 0.3) is 11.2 Å². The van der Waals surface area contributed by atoms with Gasteiger partial charge in [0.1, 0.15) is 11.5 Å². The summed E-state index contributed by atoms with van der Waals surface area (Å²) < 4.78 is 3.94. The molecule has 0 spiro atoms. The molecule has 0 amide bonds. The van der Waals surface area contributed by atoms with Gasteiger partial charge in [0, 0.05) is 32.3 Å². The van der Waals surface area contributed by atoms with Crippen molar-refractivity contribution in [2.24, 2.45) is 19.2 Å². The third-order valence-corrected chi connectivity index (χ3v) is 4.05. The van der Waals surface area contributed by atoms with E-state index in [0.717, 1.165) is 4.57 Å². The monoisotopic (exact) mass is 358 g/mol. The van der Waals surface area contributed by atoms with Crippen molar-refractivity contribution in [3.05, 3.63) is 44.6 Å². The van der Waals surface area contributed by atoms with Crippen LogP contribution in [0, 0.1) is 0 Å². The summed E-state index contributed by atoms with van der Waals surface area (Å²) in [7, 11) is 2.95. The molecule has 2 aromatic heterocycles. The van der Waals surface area contributed by atoms with Gasteiger partial charge in [-0.1, -0.05) is 0 Å². The SMILES string of the molecule is CCn1c(N/N=C\c2ccc(O)cc2O)nc2c1c(=O)n(C)c(=O)n2C. The van der Waals surface area contributed by atoms with Crippen molar-refractivity contribution in [2.45, 2.75) is 13.5 Å². The molecular weight excluding hydrogens is 340 g/mol. The molecule has 10 nitrogen and oxygen atoms in total. The second-order valence-electron chi connectivity index (χ2n) is 5.67. The number of hydrogen-bond donors (Lipinski definition) is 3. The van der Waals surface area contributed by atoms with E-state index in [0.29, 0.717) is 17.6 Å². The number of hydrogen-bond acceptors (Lipinski definition) is 7. The van der Waals surface area contributed by atoms with Crippen molar-refractivity contribution in [1.82, 2.24) is 18.7 Å². The fourth-order valence-electron chi connectivity index (χ4n) is 2.64. The Bertz CT molecular complexity index is 1140.